The quantitative estimate of drug-likeness (QED) is 0.436. The SMILES string of the molecule is CCOC(=O)[C@@]1(C(C)=O)CC(C)=C(C)CS1=O. The fourth-order valence-electron chi connectivity index (χ4n) is 1.89. The Morgan fingerprint density at radius 1 is 1.35 bits per heavy atom. The van der Waals surface area contributed by atoms with Gasteiger partial charge in [0, 0.05) is 12.2 Å². The molecule has 1 aliphatic heterocycles. The van der Waals surface area contributed by atoms with Crippen LogP contribution >= 0.6 is 0 Å². The number of hydrogen-bond donors (Lipinski definition) is 0. The minimum atomic E-state index is -1.53. The van der Waals surface area contributed by atoms with Gasteiger partial charge in [-0.2, -0.15) is 0 Å². The summed E-state index contributed by atoms with van der Waals surface area (Å²) in [6, 6.07) is 0. The van der Waals surface area contributed by atoms with Crippen LogP contribution in [0.2, 0.25) is 0 Å². The van der Waals surface area contributed by atoms with E-state index in [9.17, 15) is 13.8 Å². The standard InChI is InChI=1S/C12H18O4S/c1-5-16-11(14)12(10(4)13)6-8(2)9(3)7-17(12)15/h5-7H2,1-4H3/t12-,17?/m0/s1. The average molecular weight is 258 g/mol. The predicted molar refractivity (Wildman–Crippen MR) is 66.0 cm³/mol. The van der Waals surface area contributed by atoms with Crippen LogP contribution in [0.1, 0.15) is 34.1 Å². The highest BCUT2D eigenvalue weighted by molar-refractivity contribution is 7.88. The Kier molecular flexibility index (Phi) is 4.25. The van der Waals surface area contributed by atoms with Crippen molar-refractivity contribution < 1.29 is 18.5 Å². The van der Waals surface area contributed by atoms with Crippen molar-refractivity contribution >= 4 is 22.6 Å². The summed E-state index contributed by atoms with van der Waals surface area (Å²) >= 11 is 0. The summed E-state index contributed by atoms with van der Waals surface area (Å²) in [5.41, 5.74) is 1.94. The molecule has 4 nitrogen and oxygen atoms in total. The molecule has 0 aromatic heterocycles. The van der Waals surface area contributed by atoms with Gasteiger partial charge in [0.15, 0.2) is 5.78 Å². The number of carbonyl (C=O) groups excluding carboxylic acids is 2. The first kappa shape index (κ1) is 14.1. The third-order valence-corrected chi connectivity index (χ3v) is 5.22. The first-order valence-corrected chi connectivity index (χ1v) is 6.90. The van der Waals surface area contributed by atoms with Crippen LogP contribution in [0.4, 0.5) is 0 Å². The number of carbonyl (C=O) groups is 2. The highest BCUT2D eigenvalue weighted by Gasteiger charge is 2.52. The Morgan fingerprint density at radius 3 is 2.41 bits per heavy atom. The number of ether oxygens (including phenoxy) is 1. The monoisotopic (exact) mass is 258 g/mol. The van der Waals surface area contributed by atoms with Crippen molar-refractivity contribution in [2.45, 2.75) is 38.9 Å². The first-order chi connectivity index (χ1) is 7.86. The minimum Gasteiger partial charge on any atom is -0.465 e. The van der Waals surface area contributed by atoms with Crippen LogP contribution in [0, 0.1) is 0 Å². The van der Waals surface area contributed by atoms with E-state index in [1.807, 2.05) is 13.8 Å². The summed E-state index contributed by atoms with van der Waals surface area (Å²) < 4.78 is 15.6. The summed E-state index contributed by atoms with van der Waals surface area (Å²) in [6.45, 7) is 6.91. The van der Waals surface area contributed by atoms with Crippen molar-refractivity contribution in [3.05, 3.63) is 11.1 Å². The third-order valence-electron chi connectivity index (χ3n) is 3.15. The zero-order valence-electron chi connectivity index (χ0n) is 10.7. The maximum absolute atomic E-state index is 12.2. The summed E-state index contributed by atoms with van der Waals surface area (Å²) in [6.07, 6.45) is 0.208. The van der Waals surface area contributed by atoms with E-state index in [0.717, 1.165) is 11.1 Å². The third kappa shape index (κ3) is 2.34. The Balaban J connectivity index is 3.22. The Bertz CT molecular complexity index is 411. The number of esters is 1. The van der Waals surface area contributed by atoms with Crippen molar-refractivity contribution in [3.63, 3.8) is 0 Å². The van der Waals surface area contributed by atoms with Gasteiger partial charge in [0.05, 0.1) is 17.4 Å². The van der Waals surface area contributed by atoms with Gasteiger partial charge in [0.25, 0.3) is 0 Å². The molecule has 0 aromatic carbocycles. The summed E-state index contributed by atoms with van der Waals surface area (Å²) in [4.78, 5) is 23.7. The molecule has 0 aliphatic carbocycles. The topological polar surface area (TPSA) is 60.4 Å². The molecule has 0 saturated heterocycles. The molecule has 0 radical (unpaired) electrons. The van der Waals surface area contributed by atoms with Gasteiger partial charge in [-0.05, 0) is 27.7 Å². The first-order valence-electron chi connectivity index (χ1n) is 5.58. The number of ketones is 1. The Labute approximate surface area is 104 Å². The van der Waals surface area contributed by atoms with E-state index in [2.05, 4.69) is 0 Å². The Morgan fingerprint density at radius 2 is 1.94 bits per heavy atom. The molecular weight excluding hydrogens is 240 g/mol. The van der Waals surface area contributed by atoms with E-state index in [0.29, 0.717) is 0 Å². The van der Waals surface area contributed by atoms with Crippen LogP contribution < -0.4 is 0 Å². The molecule has 1 rings (SSSR count). The lowest BCUT2D eigenvalue weighted by Gasteiger charge is -2.32. The Hall–Kier alpha value is -0.970. The van der Waals surface area contributed by atoms with Crippen molar-refractivity contribution in [2.24, 2.45) is 0 Å². The molecule has 17 heavy (non-hydrogen) atoms. The zero-order valence-corrected chi connectivity index (χ0v) is 11.5. The molecule has 0 amide bonds. The van der Waals surface area contributed by atoms with Gasteiger partial charge < -0.3 is 4.74 Å². The lowest BCUT2D eigenvalue weighted by Crippen LogP contribution is -2.53. The van der Waals surface area contributed by atoms with Crippen LogP contribution in [0.25, 0.3) is 0 Å². The molecule has 96 valence electrons. The van der Waals surface area contributed by atoms with Crippen LogP contribution in [-0.2, 0) is 25.1 Å². The second kappa shape index (κ2) is 5.12. The molecule has 0 fully saturated rings. The van der Waals surface area contributed by atoms with Crippen molar-refractivity contribution in [2.75, 3.05) is 12.4 Å². The van der Waals surface area contributed by atoms with E-state index < -0.39 is 21.5 Å². The zero-order chi connectivity index (χ0) is 13.2. The van der Waals surface area contributed by atoms with E-state index >= 15 is 0 Å². The van der Waals surface area contributed by atoms with Gasteiger partial charge in [0.1, 0.15) is 0 Å². The molecule has 0 saturated carbocycles. The van der Waals surface area contributed by atoms with Crippen molar-refractivity contribution in [1.82, 2.24) is 0 Å². The molecule has 0 aromatic rings. The van der Waals surface area contributed by atoms with Gasteiger partial charge in [-0.15, -0.1) is 0 Å². The van der Waals surface area contributed by atoms with Gasteiger partial charge in [0.2, 0.25) is 4.75 Å². The van der Waals surface area contributed by atoms with Crippen LogP contribution in [0.15, 0.2) is 11.1 Å². The van der Waals surface area contributed by atoms with Crippen LogP contribution in [0.5, 0.6) is 0 Å². The molecule has 1 unspecified atom stereocenters. The van der Waals surface area contributed by atoms with Gasteiger partial charge in [-0.1, -0.05) is 11.1 Å². The summed E-state index contributed by atoms with van der Waals surface area (Å²) in [7, 11) is -1.53. The fourth-order valence-corrected chi connectivity index (χ4v) is 3.72. The summed E-state index contributed by atoms with van der Waals surface area (Å²) in [5.74, 6) is -0.761. The van der Waals surface area contributed by atoms with E-state index in [1.165, 1.54) is 6.92 Å². The molecule has 1 heterocycles. The lowest BCUT2D eigenvalue weighted by atomic mass is 9.93. The van der Waals surface area contributed by atoms with Gasteiger partial charge in [-0.25, -0.2) is 4.79 Å². The molecule has 2 atom stereocenters. The highest BCUT2D eigenvalue weighted by atomic mass is 32.2. The van der Waals surface area contributed by atoms with E-state index in [-0.39, 0.29) is 24.6 Å². The smallest absolute Gasteiger partial charge is 0.332 e. The second-order valence-electron chi connectivity index (χ2n) is 4.33. The van der Waals surface area contributed by atoms with Crippen molar-refractivity contribution in [1.29, 1.82) is 0 Å². The van der Waals surface area contributed by atoms with Gasteiger partial charge >= 0.3 is 5.97 Å². The van der Waals surface area contributed by atoms with E-state index in [4.69, 9.17) is 4.74 Å². The molecule has 0 bridgehead atoms. The highest BCUT2D eigenvalue weighted by Crippen LogP contribution is 2.33. The second-order valence-corrected chi connectivity index (χ2v) is 6.01. The lowest BCUT2D eigenvalue weighted by molar-refractivity contribution is -0.149. The molecule has 0 N–H and O–H groups in total. The number of rotatable bonds is 3. The molecule has 1 aliphatic rings. The van der Waals surface area contributed by atoms with Crippen LogP contribution in [-0.4, -0.2) is 33.1 Å². The maximum Gasteiger partial charge on any atom is 0.332 e. The maximum atomic E-state index is 12.2. The number of Topliss-reactive ketones (excluding diaryl/α,β-unsaturated/α-hetero) is 1. The normalized spacial score (nSPS) is 29.1. The average Bonchev–Trinajstić information content (AvgIpc) is 2.23. The number of allylic oxidation sites excluding steroid dienone is 1. The molecule has 0 spiro atoms. The minimum absolute atomic E-state index is 0.187. The van der Waals surface area contributed by atoms with Gasteiger partial charge in [-0.3, -0.25) is 9.00 Å². The largest absolute Gasteiger partial charge is 0.465 e. The van der Waals surface area contributed by atoms with E-state index in [1.54, 1.807) is 6.92 Å². The summed E-state index contributed by atoms with van der Waals surface area (Å²) in [5, 5.41) is 0. The molecule has 5 heteroatoms. The predicted octanol–water partition coefficient (Wildman–Crippen LogP) is 1.37. The molecular formula is C12H18O4S. The fraction of sp³-hybridized carbons (Fsp3) is 0.667. The van der Waals surface area contributed by atoms with Crippen molar-refractivity contribution in [3.8, 4) is 0 Å². The number of hydrogen-bond acceptors (Lipinski definition) is 4. The van der Waals surface area contributed by atoms with Crippen LogP contribution in [0.3, 0.4) is 0 Å².